The minimum Gasteiger partial charge on any atom is -0.411 e. The van der Waals surface area contributed by atoms with Gasteiger partial charge in [-0.15, -0.1) is 0 Å². The number of benzene rings is 1. The molecule has 25 heavy (non-hydrogen) atoms. The maximum absolute atomic E-state index is 9.39. The first-order valence-corrected chi connectivity index (χ1v) is 8.60. The number of nitrogens with zero attached hydrogens (tertiary/aromatic N) is 4. The van der Waals surface area contributed by atoms with Crippen molar-refractivity contribution < 1.29 is 5.21 Å². The van der Waals surface area contributed by atoms with Gasteiger partial charge in [-0.3, -0.25) is 4.57 Å². The van der Waals surface area contributed by atoms with E-state index in [-0.39, 0.29) is 0 Å². The molecule has 0 unspecified atom stereocenters. The summed E-state index contributed by atoms with van der Waals surface area (Å²) in [5.74, 6) is 0.641. The lowest BCUT2D eigenvalue weighted by Crippen LogP contribution is -2.07. The lowest BCUT2D eigenvalue weighted by atomic mass is 10.1. The second-order valence-electron chi connectivity index (χ2n) is 6.19. The largest absolute Gasteiger partial charge is 0.411 e. The Bertz CT molecular complexity index is 1000. The van der Waals surface area contributed by atoms with Crippen LogP contribution in [-0.4, -0.2) is 25.5 Å². The van der Waals surface area contributed by atoms with E-state index in [4.69, 9.17) is 16.6 Å². The van der Waals surface area contributed by atoms with Crippen molar-refractivity contribution in [3.05, 3.63) is 51.6 Å². The maximum Gasteiger partial charge on any atom is 0.149 e. The first kappa shape index (κ1) is 17.4. The summed E-state index contributed by atoms with van der Waals surface area (Å²) >= 11 is 6.12. The third-order valence-electron chi connectivity index (χ3n) is 4.60. The number of fused-ring (bicyclic) bond motifs is 1. The molecule has 0 atom stereocenters. The molecule has 3 rings (SSSR count). The van der Waals surface area contributed by atoms with Gasteiger partial charge >= 0.3 is 0 Å². The molecule has 6 heteroatoms. The molecule has 0 saturated heterocycles. The van der Waals surface area contributed by atoms with Crippen LogP contribution in [0.15, 0.2) is 23.4 Å². The number of hydrogen-bond donors (Lipinski definition) is 1. The van der Waals surface area contributed by atoms with Crippen molar-refractivity contribution in [3.63, 3.8) is 0 Å². The van der Waals surface area contributed by atoms with Crippen molar-refractivity contribution in [1.29, 1.82) is 0 Å². The third-order valence-corrected chi connectivity index (χ3v) is 4.83. The number of oxime groups is 1. The Morgan fingerprint density at radius 3 is 2.52 bits per heavy atom. The monoisotopic (exact) mass is 356 g/mol. The van der Waals surface area contributed by atoms with Gasteiger partial charge in [-0.05, 0) is 63.4 Å². The van der Waals surface area contributed by atoms with Gasteiger partial charge < -0.3 is 5.21 Å². The van der Waals surface area contributed by atoms with E-state index in [1.54, 1.807) is 0 Å². The van der Waals surface area contributed by atoms with Gasteiger partial charge in [0.05, 0.1) is 11.1 Å². The van der Waals surface area contributed by atoms with Gasteiger partial charge in [0.25, 0.3) is 0 Å². The summed E-state index contributed by atoms with van der Waals surface area (Å²) < 4.78 is 2.12. The van der Waals surface area contributed by atoms with Gasteiger partial charge in [0.2, 0.25) is 0 Å². The fourth-order valence-corrected chi connectivity index (χ4v) is 3.46. The highest BCUT2D eigenvalue weighted by atomic mass is 35.5. The van der Waals surface area contributed by atoms with E-state index in [1.807, 2.05) is 45.9 Å². The normalized spacial score (nSPS) is 12.2. The molecule has 5 nitrogen and oxygen atoms in total. The van der Waals surface area contributed by atoms with Gasteiger partial charge in [0.15, 0.2) is 0 Å². The molecule has 1 N–H and O–H groups in total. The van der Waals surface area contributed by atoms with E-state index in [0.717, 1.165) is 33.5 Å². The summed E-state index contributed by atoms with van der Waals surface area (Å²) in [5, 5.41) is 14.5. The van der Waals surface area contributed by atoms with E-state index in [9.17, 15) is 5.21 Å². The Hall–Kier alpha value is -2.40. The lowest BCUT2D eigenvalue weighted by Gasteiger charge is -2.12. The predicted molar refractivity (Wildman–Crippen MR) is 101 cm³/mol. The zero-order valence-corrected chi connectivity index (χ0v) is 15.8. The quantitative estimate of drug-likeness (QED) is 0.412. The zero-order chi connectivity index (χ0) is 18.3. The zero-order valence-electron chi connectivity index (χ0n) is 15.1. The van der Waals surface area contributed by atoms with Crippen LogP contribution in [0.5, 0.6) is 0 Å². The molecule has 0 aliphatic heterocycles. The minimum absolute atomic E-state index is 0.559. The molecule has 3 aromatic rings. The smallest absolute Gasteiger partial charge is 0.149 e. The molecule has 0 fully saturated rings. The Morgan fingerprint density at radius 1 is 1.20 bits per heavy atom. The van der Waals surface area contributed by atoms with Gasteiger partial charge in [-0.1, -0.05) is 23.7 Å². The van der Waals surface area contributed by atoms with Crippen molar-refractivity contribution in [2.24, 2.45) is 5.16 Å². The van der Waals surface area contributed by atoms with Gasteiger partial charge in [0.1, 0.15) is 22.9 Å². The van der Waals surface area contributed by atoms with Crippen molar-refractivity contribution in [2.75, 3.05) is 0 Å². The number of rotatable bonds is 3. The van der Waals surface area contributed by atoms with E-state index >= 15 is 0 Å². The summed E-state index contributed by atoms with van der Waals surface area (Å²) in [7, 11) is 0. The molecule has 0 bridgehead atoms. The second-order valence-corrected chi connectivity index (χ2v) is 6.63. The summed E-state index contributed by atoms with van der Waals surface area (Å²) in [6, 6.07) is 5.83. The fraction of sp³-hybridized carbons (Fsp3) is 0.316. The van der Waals surface area contributed by atoms with E-state index in [0.29, 0.717) is 28.7 Å². The molecule has 130 valence electrons. The molecule has 0 spiro atoms. The summed E-state index contributed by atoms with van der Waals surface area (Å²) in [5.41, 5.74) is 6.32. The minimum atomic E-state index is 0.559. The molecule has 2 heterocycles. The summed E-state index contributed by atoms with van der Waals surface area (Å²) in [4.78, 5) is 9.24. The van der Waals surface area contributed by atoms with Crippen molar-refractivity contribution >= 4 is 28.3 Å². The van der Waals surface area contributed by atoms with E-state index < -0.39 is 0 Å². The van der Waals surface area contributed by atoms with Crippen LogP contribution in [0.1, 0.15) is 41.7 Å². The molecule has 0 aliphatic rings. The van der Waals surface area contributed by atoms with Crippen molar-refractivity contribution in [1.82, 2.24) is 14.5 Å². The Morgan fingerprint density at radius 2 is 1.92 bits per heavy atom. The molecule has 1 aromatic carbocycles. The number of aryl methyl sites for hydroxylation is 3. The van der Waals surface area contributed by atoms with E-state index in [2.05, 4.69) is 21.6 Å². The average Bonchev–Trinajstić information content (AvgIpc) is 2.80. The van der Waals surface area contributed by atoms with Crippen LogP contribution in [0.4, 0.5) is 0 Å². The van der Waals surface area contributed by atoms with Gasteiger partial charge in [0, 0.05) is 10.7 Å². The van der Waals surface area contributed by atoms with Crippen LogP contribution < -0.4 is 0 Å². The Kier molecular flexibility index (Phi) is 4.52. The van der Waals surface area contributed by atoms with Crippen LogP contribution in [0.3, 0.4) is 0 Å². The molecule has 0 saturated carbocycles. The molecule has 2 aromatic heterocycles. The third kappa shape index (κ3) is 2.78. The second kappa shape index (κ2) is 6.48. The Labute approximate surface area is 152 Å². The van der Waals surface area contributed by atoms with Crippen LogP contribution in [-0.2, 0) is 0 Å². The standard InChI is InChI=1S/C19H21ClN4O/c1-6-15(23-25)18-17-11(3)12(4)24(19(17)22-13(5)21-18)16-8-7-14(20)9-10(16)2/h7-9,25H,6H2,1-5H3. The molecule has 0 aliphatic carbocycles. The number of aromatic nitrogens is 3. The number of halogens is 1. The van der Waals surface area contributed by atoms with Crippen molar-refractivity contribution in [2.45, 2.75) is 41.0 Å². The van der Waals surface area contributed by atoms with Crippen molar-refractivity contribution in [3.8, 4) is 5.69 Å². The topological polar surface area (TPSA) is 63.3 Å². The van der Waals surface area contributed by atoms with Crippen LogP contribution >= 0.6 is 11.6 Å². The lowest BCUT2D eigenvalue weighted by molar-refractivity contribution is 0.318. The molecular weight excluding hydrogens is 336 g/mol. The van der Waals surface area contributed by atoms with Crippen LogP contribution in [0, 0.1) is 27.7 Å². The average molecular weight is 357 g/mol. The number of hydrogen-bond acceptors (Lipinski definition) is 4. The summed E-state index contributed by atoms with van der Waals surface area (Å²) in [6.45, 7) is 9.94. The van der Waals surface area contributed by atoms with Gasteiger partial charge in [-0.25, -0.2) is 9.97 Å². The first-order chi connectivity index (χ1) is 11.9. The summed E-state index contributed by atoms with van der Waals surface area (Å²) in [6.07, 6.45) is 0.589. The predicted octanol–water partition coefficient (Wildman–Crippen LogP) is 4.90. The van der Waals surface area contributed by atoms with Crippen LogP contribution in [0.25, 0.3) is 16.7 Å². The van der Waals surface area contributed by atoms with Crippen LogP contribution in [0.2, 0.25) is 5.02 Å². The molecular formula is C19H21ClN4O. The van der Waals surface area contributed by atoms with E-state index in [1.165, 1.54) is 0 Å². The highest BCUT2D eigenvalue weighted by molar-refractivity contribution is 6.30. The molecule has 0 amide bonds. The molecule has 0 radical (unpaired) electrons. The highest BCUT2D eigenvalue weighted by Gasteiger charge is 2.21. The Balaban J connectivity index is 2.45. The highest BCUT2D eigenvalue weighted by Crippen LogP contribution is 2.32. The maximum atomic E-state index is 9.39. The fourth-order valence-electron chi connectivity index (χ4n) is 3.23. The SMILES string of the molecule is CCC(=NO)c1nc(C)nc2c1c(C)c(C)n2-c1ccc(Cl)cc1C. The van der Waals surface area contributed by atoms with Gasteiger partial charge in [-0.2, -0.15) is 0 Å². The first-order valence-electron chi connectivity index (χ1n) is 8.23.